The van der Waals surface area contributed by atoms with Gasteiger partial charge in [0.1, 0.15) is 5.82 Å². The SMILES string of the molecule is COC(=O)c1ccccc1NC(=O)c1ccnc(Nc2ccccc2Cl)c1. The van der Waals surface area contributed by atoms with E-state index in [4.69, 9.17) is 16.3 Å². The van der Waals surface area contributed by atoms with Crippen LogP contribution in [0.3, 0.4) is 0 Å². The molecule has 0 unspecified atom stereocenters. The molecule has 2 aromatic carbocycles. The highest BCUT2D eigenvalue weighted by Crippen LogP contribution is 2.24. The predicted octanol–water partition coefficient (Wildman–Crippen LogP) is 4.52. The number of anilines is 3. The molecule has 3 aromatic rings. The fourth-order valence-electron chi connectivity index (χ4n) is 2.42. The Balaban J connectivity index is 1.81. The second kappa shape index (κ2) is 8.33. The Morgan fingerprint density at radius 1 is 1.00 bits per heavy atom. The lowest BCUT2D eigenvalue weighted by Crippen LogP contribution is -2.15. The van der Waals surface area contributed by atoms with Gasteiger partial charge in [-0.25, -0.2) is 9.78 Å². The number of ether oxygens (including phenoxy) is 1. The van der Waals surface area contributed by atoms with Crippen molar-refractivity contribution in [3.8, 4) is 0 Å². The summed E-state index contributed by atoms with van der Waals surface area (Å²) < 4.78 is 4.74. The molecule has 2 N–H and O–H groups in total. The topological polar surface area (TPSA) is 80.3 Å². The third-order valence-corrected chi connectivity index (χ3v) is 4.07. The molecule has 27 heavy (non-hydrogen) atoms. The number of rotatable bonds is 5. The van der Waals surface area contributed by atoms with Gasteiger partial charge in [-0.05, 0) is 36.4 Å². The van der Waals surface area contributed by atoms with E-state index >= 15 is 0 Å². The molecule has 0 aliphatic rings. The van der Waals surface area contributed by atoms with Gasteiger partial charge in [-0.2, -0.15) is 0 Å². The van der Waals surface area contributed by atoms with Gasteiger partial charge >= 0.3 is 5.97 Å². The zero-order chi connectivity index (χ0) is 19.2. The first kappa shape index (κ1) is 18.4. The number of carbonyl (C=O) groups is 2. The van der Waals surface area contributed by atoms with E-state index in [-0.39, 0.29) is 11.5 Å². The largest absolute Gasteiger partial charge is 0.465 e. The predicted molar refractivity (Wildman–Crippen MR) is 105 cm³/mol. The van der Waals surface area contributed by atoms with E-state index in [0.29, 0.717) is 27.8 Å². The van der Waals surface area contributed by atoms with Gasteiger partial charge in [0.05, 0.1) is 29.1 Å². The smallest absolute Gasteiger partial charge is 0.339 e. The average molecular weight is 382 g/mol. The molecule has 136 valence electrons. The van der Waals surface area contributed by atoms with Crippen molar-refractivity contribution in [3.63, 3.8) is 0 Å². The normalized spacial score (nSPS) is 10.1. The molecule has 1 heterocycles. The number of aromatic nitrogens is 1. The van der Waals surface area contributed by atoms with E-state index < -0.39 is 5.97 Å². The molecule has 1 amide bonds. The Hall–Kier alpha value is -3.38. The molecule has 7 heteroatoms. The van der Waals surface area contributed by atoms with Gasteiger partial charge in [-0.1, -0.05) is 35.9 Å². The van der Waals surface area contributed by atoms with E-state index in [1.54, 1.807) is 42.5 Å². The summed E-state index contributed by atoms with van der Waals surface area (Å²) in [5, 5.41) is 6.34. The summed E-state index contributed by atoms with van der Waals surface area (Å²) in [5.74, 6) is -0.435. The highest BCUT2D eigenvalue weighted by molar-refractivity contribution is 6.33. The summed E-state index contributed by atoms with van der Waals surface area (Å²) in [6, 6.07) is 17.0. The van der Waals surface area contributed by atoms with Crippen molar-refractivity contribution < 1.29 is 14.3 Å². The van der Waals surface area contributed by atoms with E-state index in [2.05, 4.69) is 15.6 Å². The number of esters is 1. The summed E-state index contributed by atoms with van der Waals surface area (Å²) in [7, 11) is 1.29. The highest BCUT2D eigenvalue weighted by atomic mass is 35.5. The Morgan fingerprint density at radius 3 is 2.44 bits per heavy atom. The Morgan fingerprint density at radius 2 is 1.70 bits per heavy atom. The lowest BCUT2D eigenvalue weighted by molar-refractivity contribution is 0.0602. The van der Waals surface area contributed by atoms with Gasteiger partial charge < -0.3 is 15.4 Å². The first-order chi connectivity index (χ1) is 13.1. The van der Waals surface area contributed by atoms with Gasteiger partial charge in [-0.3, -0.25) is 4.79 Å². The van der Waals surface area contributed by atoms with Crippen molar-refractivity contribution in [1.82, 2.24) is 4.98 Å². The molecule has 6 nitrogen and oxygen atoms in total. The van der Waals surface area contributed by atoms with Crippen molar-refractivity contribution in [2.24, 2.45) is 0 Å². The van der Waals surface area contributed by atoms with Crippen LogP contribution in [0.5, 0.6) is 0 Å². The second-order valence-electron chi connectivity index (χ2n) is 5.53. The Labute approximate surface area is 161 Å². The minimum Gasteiger partial charge on any atom is -0.465 e. The van der Waals surface area contributed by atoms with Crippen LogP contribution in [0.15, 0.2) is 66.9 Å². The minimum atomic E-state index is -0.526. The number of carbonyl (C=O) groups excluding carboxylic acids is 2. The molecule has 0 radical (unpaired) electrons. The third-order valence-electron chi connectivity index (χ3n) is 3.74. The highest BCUT2D eigenvalue weighted by Gasteiger charge is 2.15. The fraction of sp³-hybridized carbons (Fsp3) is 0.0500. The number of halogens is 1. The summed E-state index contributed by atoms with van der Waals surface area (Å²) in [6.45, 7) is 0. The number of benzene rings is 2. The zero-order valence-electron chi connectivity index (χ0n) is 14.4. The molecule has 0 saturated heterocycles. The fourth-order valence-corrected chi connectivity index (χ4v) is 2.60. The van der Waals surface area contributed by atoms with Gasteiger partial charge in [0.2, 0.25) is 0 Å². The summed E-state index contributed by atoms with van der Waals surface area (Å²) in [5.41, 5.74) is 1.70. The van der Waals surface area contributed by atoms with Crippen LogP contribution in [-0.2, 0) is 4.74 Å². The first-order valence-electron chi connectivity index (χ1n) is 8.05. The molecule has 1 aromatic heterocycles. The molecule has 0 fully saturated rings. The monoisotopic (exact) mass is 381 g/mol. The maximum Gasteiger partial charge on any atom is 0.339 e. The van der Waals surface area contributed by atoms with E-state index in [1.165, 1.54) is 13.3 Å². The van der Waals surface area contributed by atoms with Crippen LogP contribution in [0.2, 0.25) is 5.02 Å². The molecule has 0 atom stereocenters. The maximum absolute atomic E-state index is 12.6. The summed E-state index contributed by atoms with van der Waals surface area (Å²) in [4.78, 5) is 28.6. The van der Waals surface area contributed by atoms with Crippen LogP contribution < -0.4 is 10.6 Å². The number of pyridine rings is 1. The summed E-state index contributed by atoms with van der Waals surface area (Å²) >= 11 is 6.13. The zero-order valence-corrected chi connectivity index (χ0v) is 15.2. The lowest BCUT2D eigenvalue weighted by Gasteiger charge is -2.11. The quantitative estimate of drug-likeness (QED) is 0.635. The number of para-hydroxylation sites is 2. The average Bonchev–Trinajstić information content (AvgIpc) is 2.70. The number of amides is 1. The lowest BCUT2D eigenvalue weighted by atomic mass is 10.1. The third kappa shape index (κ3) is 4.43. The number of nitrogens with zero attached hydrogens (tertiary/aromatic N) is 1. The van der Waals surface area contributed by atoms with Crippen LogP contribution >= 0.6 is 11.6 Å². The molecule has 0 saturated carbocycles. The van der Waals surface area contributed by atoms with Gasteiger partial charge in [0.25, 0.3) is 5.91 Å². The molecule has 0 spiro atoms. The maximum atomic E-state index is 12.6. The van der Waals surface area contributed by atoms with Crippen LogP contribution in [0, 0.1) is 0 Å². The van der Waals surface area contributed by atoms with Gasteiger partial charge in [-0.15, -0.1) is 0 Å². The van der Waals surface area contributed by atoms with Crippen LogP contribution in [0.1, 0.15) is 20.7 Å². The molecular formula is C20H16ClN3O3. The number of methoxy groups -OCH3 is 1. The number of hydrogen-bond acceptors (Lipinski definition) is 5. The van der Waals surface area contributed by atoms with Crippen LogP contribution in [-0.4, -0.2) is 24.0 Å². The van der Waals surface area contributed by atoms with Gasteiger partial charge in [0.15, 0.2) is 0 Å². The molecule has 0 aliphatic heterocycles. The van der Waals surface area contributed by atoms with Crippen molar-refractivity contribution in [1.29, 1.82) is 0 Å². The summed E-state index contributed by atoms with van der Waals surface area (Å²) in [6.07, 6.45) is 1.51. The van der Waals surface area contributed by atoms with Crippen molar-refractivity contribution in [3.05, 3.63) is 83.0 Å². The standard InChI is InChI=1S/C20H16ClN3O3/c1-27-20(26)14-6-2-4-8-16(14)24-19(25)13-10-11-22-18(12-13)23-17-9-5-3-7-15(17)21/h2-12H,1H3,(H,22,23)(H,24,25). The molecular weight excluding hydrogens is 366 g/mol. The van der Waals surface area contributed by atoms with E-state index in [1.807, 2.05) is 18.2 Å². The van der Waals surface area contributed by atoms with Crippen LogP contribution in [0.25, 0.3) is 0 Å². The first-order valence-corrected chi connectivity index (χ1v) is 8.42. The van der Waals surface area contributed by atoms with Crippen LogP contribution in [0.4, 0.5) is 17.2 Å². The molecule has 0 bridgehead atoms. The second-order valence-corrected chi connectivity index (χ2v) is 5.93. The number of nitrogens with one attached hydrogen (secondary N) is 2. The minimum absolute atomic E-state index is 0.275. The van der Waals surface area contributed by atoms with Crippen molar-refractivity contribution >= 4 is 40.7 Å². The number of hydrogen-bond donors (Lipinski definition) is 2. The molecule has 3 rings (SSSR count). The van der Waals surface area contributed by atoms with Crippen molar-refractivity contribution in [2.45, 2.75) is 0 Å². The van der Waals surface area contributed by atoms with E-state index in [9.17, 15) is 9.59 Å². The Kier molecular flexibility index (Phi) is 5.68. The van der Waals surface area contributed by atoms with Crippen molar-refractivity contribution in [2.75, 3.05) is 17.7 Å². The van der Waals surface area contributed by atoms with Gasteiger partial charge in [0, 0.05) is 11.8 Å². The molecule has 0 aliphatic carbocycles. The van der Waals surface area contributed by atoms with E-state index in [0.717, 1.165) is 0 Å². The Bertz CT molecular complexity index is 991.